The molecule has 1 heterocycles. The van der Waals surface area contributed by atoms with Crippen LogP contribution in [0.5, 0.6) is 0 Å². The summed E-state index contributed by atoms with van der Waals surface area (Å²) in [5, 5.41) is 11.5. The van der Waals surface area contributed by atoms with Crippen LogP contribution in [0.2, 0.25) is 5.02 Å². The van der Waals surface area contributed by atoms with E-state index in [0.29, 0.717) is 22.5 Å². The molecular weight excluding hydrogens is 226 g/mol. The molecule has 0 atom stereocenters. The molecule has 0 saturated heterocycles. The predicted octanol–water partition coefficient (Wildman–Crippen LogP) is 1.76. The SMILES string of the molecule is CNc1nnc(-c2cccc(Cl)c2N)n1C. The highest BCUT2D eigenvalue weighted by atomic mass is 35.5. The van der Waals surface area contributed by atoms with Crippen molar-refractivity contribution in [3.63, 3.8) is 0 Å². The molecule has 0 fully saturated rings. The molecule has 0 saturated carbocycles. The Kier molecular flexibility index (Phi) is 2.70. The Morgan fingerprint density at radius 1 is 1.38 bits per heavy atom. The van der Waals surface area contributed by atoms with E-state index in [9.17, 15) is 0 Å². The number of rotatable bonds is 2. The third-order valence-corrected chi connectivity index (χ3v) is 2.72. The van der Waals surface area contributed by atoms with Gasteiger partial charge in [-0.05, 0) is 12.1 Å². The van der Waals surface area contributed by atoms with Crippen LogP contribution in [-0.2, 0) is 7.05 Å². The standard InChI is InChI=1S/C10H12ClN5/c1-13-10-15-14-9(16(10)2)6-4-3-5-7(11)8(6)12/h3-5H,12H2,1-2H3,(H,13,15). The lowest BCUT2D eigenvalue weighted by Gasteiger charge is -2.07. The van der Waals surface area contributed by atoms with E-state index < -0.39 is 0 Å². The van der Waals surface area contributed by atoms with Gasteiger partial charge in [-0.1, -0.05) is 17.7 Å². The van der Waals surface area contributed by atoms with Crippen molar-refractivity contribution in [3.8, 4) is 11.4 Å². The van der Waals surface area contributed by atoms with E-state index in [1.54, 1.807) is 13.1 Å². The Labute approximate surface area is 98.2 Å². The number of para-hydroxylation sites is 1. The number of anilines is 2. The normalized spacial score (nSPS) is 10.4. The van der Waals surface area contributed by atoms with Gasteiger partial charge < -0.3 is 11.1 Å². The van der Waals surface area contributed by atoms with Crippen LogP contribution in [0.25, 0.3) is 11.4 Å². The van der Waals surface area contributed by atoms with Crippen molar-refractivity contribution < 1.29 is 0 Å². The first-order chi connectivity index (χ1) is 7.65. The molecule has 1 aromatic carbocycles. The maximum absolute atomic E-state index is 5.96. The molecule has 5 nitrogen and oxygen atoms in total. The van der Waals surface area contributed by atoms with Crippen molar-refractivity contribution in [2.45, 2.75) is 0 Å². The molecule has 0 unspecified atom stereocenters. The molecule has 2 aromatic rings. The maximum atomic E-state index is 5.96. The summed E-state index contributed by atoms with van der Waals surface area (Å²) in [6.45, 7) is 0. The maximum Gasteiger partial charge on any atom is 0.224 e. The van der Waals surface area contributed by atoms with Gasteiger partial charge in [0.25, 0.3) is 0 Å². The lowest BCUT2D eigenvalue weighted by molar-refractivity contribution is 0.925. The summed E-state index contributed by atoms with van der Waals surface area (Å²) >= 11 is 5.96. The quantitative estimate of drug-likeness (QED) is 0.781. The van der Waals surface area contributed by atoms with Crippen LogP contribution in [0, 0.1) is 0 Å². The molecule has 6 heteroatoms. The summed E-state index contributed by atoms with van der Waals surface area (Å²) in [5.41, 5.74) is 7.20. The monoisotopic (exact) mass is 237 g/mol. The van der Waals surface area contributed by atoms with Crippen molar-refractivity contribution in [2.75, 3.05) is 18.1 Å². The molecule has 0 radical (unpaired) electrons. The number of hydrogen-bond acceptors (Lipinski definition) is 4. The van der Waals surface area contributed by atoms with Crippen molar-refractivity contribution >= 4 is 23.2 Å². The van der Waals surface area contributed by atoms with Gasteiger partial charge in [0.2, 0.25) is 5.95 Å². The lowest BCUT2D eigenvalue weighted by atomic mass is 10.1. The summed E-state index contributed by atoms with van der Waals surface area (Å²) in [4.78, 5) is 0. The van der Waals surface area contributed by atoms with E-state index in [1.165, 1.54) is 0 Å². The highest BCUT2D eigenvalue weighted by Crippen LogP contribution is 2.30. The number of nitrogens with zero attached hydrogens (tertiary/aromatic N) is 3. The molecular formula is C10H12ClN5. The fourth-order valence-electron chi connectivity index (χ4n) is 1.51. The van der Waals surface area contributed by atoms with E-state index >= 15 is 0 Å². The fraction of sp³-hybridized carbons (Fsp3) is 0.200. The number of aromatic nitrogens is 3. The Hall–Kier alpha value is -1.75. The van der Waals surface area contributed by atoms with Crippen molar-refractivity contribution in [1.29, 1.82) is 0 Å². The number of nitrogens with one attached hydrogen (secondary N) is 1. The van der Waals surface area contributed by atoms with Crippen LogP contribution in [0.4, 0.5) is 11.6 Å². The zero-order valence-corrected chi connectivity index (χ0v) is 9.78. The van der Waals surface area contributed by atoms with Gasteiger partial charge >= 0.3 is 0 Å². The summed E-state index contributed by atoms with van der Waals surface area (Å²) in [5.74, 6) is 1.36. The molecule has 0 aliphatic heterocycles. The first-order valence-corrected chi connectivity index (χ1v) is 5.14. The minimum absolute atomic E-state index is 0.516. The Morgan fingerprint density at radius 2 is 2.12 bits per heavy atom. The number of nitrogen functional groups attached to an aromatic ring is 1. The molecule has 0 amide bonds. The molecule has 84 valence electrons. The Bertz CT molecular complexity index is 520. The molecule has 0 bridgehead atoms. The van der Waals surface area contributed by atoms with E-state index in [4.69, 9.17) is 17.3 Å². The first kappa shape index (κ1) is 10.8. The van der Waals surface area contributed by atoms with Gasteiger partial charge in [-0.2, -0.15) is 0 Å². The largest absolute Gasteiger partial charge is 0.397 e. The molecule has 1 aromatic heterocycles. The van der Waals surface area contributed by atoms with Gasteiger partial charge in [-0.3, -0.25) is 4.57 Å². The summed E-state index contributed by atoms with van der Waals surface area (Å²) in [6.07, 6.45) is 0. The van der Waals surface area contributed by atoms with Crippen molar-refractivity contribution in [1.82, 2.24) is 14.8 Å². The van der Waals surface area contributed by atoms with Crippen LogP contribution in [-0.4, -0.2) is 21.8 Å². The van der Waals surface area contributed by atoms with Gasteiger partial charge in [0.15, 0.2) is 5.82 Å². The number of halogens is 1. The molecule has 0 aliphatic rings. The van der Waals surface area contributed by atoms with E-state index in [1.807, 2.05) is 23.7 Å². The third-order valence-electron chi connectivity index (χ3n) is 2.39. The predicted molar refractivity (Wildman–Crippen MR) is 65.4 cm³/mol. The van der Waals surface area contributed by atoms with Gasteiger partial charge in [0.05, 0.1) is 10.7 Å². The van der Waals surface area contributed by atoms with Crippen molar-refractivity contribution in [2.24, 2.45) is 7.05 Å². The highest BCUT2D eigenvalue weighted by Gasteiger charge is 2.13. The van der Waals surface area contributed by atoms with Crippen LogP contribution in [0.3, 0.4) is 0 Å². The van der Waals surface area contributed by atoms with Crippen LogP contribution < -0.4 is 11.1 Å². The summed E-state index contributed by atoms with van der Waals surface area (Å²) in [6, 6.07) is 5.45. The number of nitrogens with two attached hydrogens (primary N) is 1. The molecule has 2 rings (SSSR count). The van der Waals surface area contributed by atoms with Crippen LogP contribution in [0.15, 0.2) is 18.2 Å². The second-order valence-electron chi connectivity index (χ2n) is 3.36. The first-order valence-electron chi connectivity index (χ1n) is 4.76. The van der Waals surface area contributed by atoms with Gasteiger partial charge in [0.1, 0.15) is 0 Å². The molecule has 0 aliphatic carbocycles. The average Bonchev–Trinajstić information content (AvgIpc) is 2.64. The molecule has 0 spiro atoms. The summed E-state index contributed by atoms with van der Waals surface area (Å²) in [7, 11) is 3.65. The lowest BCUT2D eigenvalue weighted by Crippen LogP contribution is -2.01. The van der Waals surface area contributed by atoms with Gasteiger partial charge in [-0.15, -0.1) is 10.2 Å². The zero-order valence-electron chi connectivity index (χ0n) is 9.03. The summed E-state index contributed by atoms with van der Waals surface area (Å²) < 4.78 is 1.82. The van der Waals surface area contributed by atoms with Gasteiger partial charge in [0, 0.05) is 19.7 Å². The second kappa shape index (κ2) is 4.02. The third kappa shape index (κ3) is 1.59. The van der Waals surface area contributed by atoms with Crippen LogP contribution in [0.1, 0.15) is 0 Å². The van der Waals surface area contributed by atoms with E-state index in [2.05, 4.69) is 15.5 Å². The van der Waals surface area contributed by atoms with E-state index in [0.717, 1.165) is 5.56 Å². The second-order valence-corrected chi connectivity index (χ2v) is 3.76. The highest BCUT2D eigenvalue weighted by molar-refractivity contribution is 6.33. The number of benzene rings is 1. The Morgan fingerprint density at radius 3 is 2.75 bits per heavy atom. The number of hydrogen-bond donors (Lipinski definition) is 2. The minimum Gasteiger partial charge on any atom is -0.397 e. The molecule has 3 N–H and O–H groups in total. The zero-order chi connectivity index (χ0) is 11.7. The van der Waals surface area contributed by atoms with Crippen molar-refractivity contribution in [3.05, 3.63) is 23.2 Å². The minimum atomic E-state index is 0.516. The fourth-order valence-corrected chi connectivity index (χ4v) is 1.69. The smallest absolute Gasteiger partial charge is 0.224 e. The molecule has 16 heavy (non-hydrogen) atoms. The Balaban J connectivity index is 2.59. The van der Waals surface area contributed by atoms with Crippen LogP contribution >= 0.6 is 11.6 Å². The topological polar surface area (TPSA) is 68.8 Å². The van der Waals surface area contributed by atoms with Gasteiger partial charge in [-0.25, -0.2) is 0 Å². The van der Waals surface area contributed by atoms with E-state index in [-0.39, 0.29) is 0 Å². The average molecular weight is 238 g/mol.